The summed E-state index contributed by atoms with van der Waals surface area (Å²) >= 11 is 0. The minimum absolute atomic E-state index is 0.665. The van der Waals surface area contributed by atoms with E-state index < -0.39 is 0 Å². The van der Waals surface area contributed by atoms with Crippen molar-refractivity contribution in [2.45, 2.75) is 77.6 Å². The van der Waals surface area contributed by atoms with Crippen molar-refractivity contribution in [1.82, 2.24) is 0 Å². The van der Waals surface area contributed by atoms with Crippen molar-refractivity contribution >= 4 is 0 Å². The van der Waals surface area contributed by atoms with Crippen LogP contribution in [-0.2, 0) is 6.42 Å². The smallest absolute Gasteiger partial charge is 0.119 e. The lowest BCUT2D eigenvalue weighted by atomic mass is 9.78. The van der Waals surface area contributed by atoms with Crippen LogP contribution in [0, 0.1) is 17.8 Å². The molecule has 3 rings (SSSR count). The standard InChI is InChI=1S/C30H38O/c1-3-5-6-9-25-12-14-26(15-13-25)10-7-8-11-27-16-18-28(19-17-27)29-20-22-30(23-21-29)31-24-4-2/h8,11-15,20-23,27-28H,3-6,9,16-19,24H2,1-2H3/t27-,28-. The zero-order chi connectivity index (χ0) is 21.7. The first-order chi connectivity index (χ1) is 15.3. The number of aryl methyl sites for hydroxylation is 1. The first-order valence-electron chi connectivity index (χ1n) is 12.3. The minimum Gasteiger partial charge on any atom is -0.494 e. The molecule has 1 aliphatic carbocycles. The average molecular weight is 415 g/mol. The predicted octanol–water partition coefficient (Wildman–Crippen LogP) is 8.09. The quantitative estimate of drug-likeness (QED) is 0.297. The molecule has 0 aromatic heterocycles. The van der Waals surface area contributed by atoms with Gasteiger partial charge in [-0.05, 0) is 98.2 Å². The summed E-state index contributed by atoms with van der Waals surface area (Å²) in [6.07, 6.45) is 15.5. The van der Waals surface area contributed by atoms with E-state index in [2.05, 4.69) is 86.4 Å². The van der Waals surface area contributed by atoms with Gasteiger partial charge in [0.15, 0.2) is 0 Å². The Morgan fingerprint density at radius 3 is 2.29 bits per heavy atom. The number of hydrogen-bond donors (Lipinski definition) is 0. The molecule has 0 unspecified atom stereocenters. The summed E-state index contributed by atoms with van der Waals surface area (Å²) in [7, 11) is 0. The van der Waals surface area contributed by atoms with E-state index in [1.807, 2.05) is 0 Å². The summed E-state index contributed by atoms with van der Waals surface area (Å²) < 4.78 is 5.70. The maximum absolute atomic E-state index is 5.70. The van der Waals surface area contributed by atoms with Crippen molar-refractivity contribution in [2.24, 2.45) is 5.92 Å². The van der Waals surface area contributed by atoms with E-state index in [1.54, 1.807) is 0 Å². The summed E-state index contributed by atoms with van der Waals surface area (Å²) in [6.45, 7) is 5.18. The molecule has 0 amide bonds. The molecule has 31 heavy (non-hydrogen) atoms. The monoisotopic (exact) mass is 414 g/mol. The third-order valence-electron chi connectivity index (χ3n) is 6.29. The third kappa shape index (κ3) is 7.95. The Kier molecular flexibility index (Phi) is 9.78. The molecule has 0 atom stereocenters. The van der Waals surface area contributed by atoms with E-state index in [1.165, 1.54) is 62.5 Å². The maximum Gasteiger partial charge on any atom is 0.119 e. The largest absolute Gasteiger partial charge is 0.494 e. The van der Waals surface area contributed by atoms with Crippen molar-refractivity contribution in [2.75, 3.05) is 6.61 Å². The summed E-state index contributed by atoms with van der Waals surface area (Å²) in [5, 5.41) is 0. The molecule has 0 radical (unpaired) electrons. The van der Waals surface area contributed by atoms with Crippen molar-refractivity contribution < 1.29 is 4.74 Å². The molecule has 2 aromatic rings. The molecule has 2 aromatic carbocycles. The molecule has 1 nitrogen and oxygen atoms in total. The molecule has 1 fully saturated rings. The Hall–Kier alpha value is -2.46. The van der Waals surface area contributed by atoms with Crippen LogP contribution in [0.15, 0.2) is 60.7 Å². The van der Waals surface area contributed by atoms with Gasteiger partial charge in [-0.1, -0.05) is 68.9 Å². The van der Waals surface area contributed by atoms with Crippen LogP contribution in [0.25, 0.3) is 0 Å². The van der Waals surface area contributed by atoms with Crippen LogP contribution in [0.5, 0.6) is 5.75 Å². The summed E-state index contributed by atoms with van der Waals surface area (Å²) in [4.78, 5) is 0. The molecule has 0 N–H and O–H groups in total. The summed E-state index contributed by atoms with van der Waals surface area (Å²) in [6, 6.07) is 17.5. The molecule has 0 aliphatic heterocycles. The normalized spacial score (nSPS) is 18.5. The number of ether oxygens (including phenoxy) is 1. The maximum atomic E-state index is 5.70. The second-order valence-corrected chi connectivity index (χ2v) is 8.81. The van der Waals surface area contributed by atoms with E-state index in [4.69, 9.17) is 4.74 Å². The fourth-order valence-corrected chi connectivity index (χ4v) is 4.34. The van der Waals surface area contributed by atoms with Crippen LogP contribution in [0.2, 0.25) is 0 Å². The van der Waals surface area contributed by atoms with E-state index in [9.17, 15) is 0 Å². The first kappa shape index (κ1) is 23.2. The Balaban J connectivity index is 1.42. The zero-order valence-corrected chi connectivity index (χ0v) is 19.4. The Bertz CT molecular complexity index is 840. The molecule has 0 heterocycles. The SMILES string of the molecule is CCCCCc1ccc(C#CC=C[C@H]2CC[C@H](c3ccc(OCCC)cc3)CC2)cc1. The lowest BCUT2D eigenvalue weighted by molar-refractivity contribution is 0.317. The fraction of sp³-hybridized carbons (Fsp3) is 0.467. The number of rotatable bonds is 9. The van der Waals surface area contributed by atoms with E-state index in [-0.39, 0.29) is 0 Å². The second kappa shape index (κ2) is 13.1. The van der Waals surface area contributed by atoms with Gasteiger partial charge in [0.25, 0.3) is 0 Å². The molecule has 1 saturated carbocycles. The van der Waals surface area contributed by atoms with Gasteiger partial charge in [0, 0.05) is 5.56 Å². The summed E-state index contributed by atoms with van der Waals surface area (Å²) in [5.74, 6) is 8.87. The van der Waals surface area contributed by atoms with Gasteiger partial charge in [-0.3, -0.25) is 0 Å². The fourth-order valence-electron chi connectivity index (χ4n) is 4.34. The van der Waals surface area contributed by atoms with Crippen LogP contribution in [-0.4, -0.2) is 6.61 Å². The summed E-state index contributed by atoms with van der Waals surface area (Å²) in [5.41, 5.74) is 4.00. The van der Waals surface area contributed by atoms with Gasteiger partial charge >= 0.3 is 0 Å². The highest BCUT2D eigenvalue weighted by molar-refractivity contribution is 5.38. The van der Waals surface area contributed by atoms with Crippen molar-refractivity contribution in [3.05, 3.63) is 77.4 Å². The molecular weight excluding hydrogens is 376 g/mol. The van der Waals surface area contributed by atoms with Crippen molar-refractivity contribution in [3.63, 3.8) is 0 Å². The highest BCUT2D eigenvalue weighted by Gasteiger charge is 2.20. The average Bonchev–Trinajstić information content (AvgIpc) is 2.82. The lowest BCUT2D eigenvalue weighted by Crippen LogP contribution is -2.11. The highest BCUT2D eigenvalue weighted by atomic mass is 16.5. The van der Waals surface area contributed by atoms with Crippen LogP contribution in [0.3, 0.4) is 0 Å². The van der Waals surface area contributed by atoms with Gasteiger partial charge in [0.2, 0.25) is 0 Å². The Morgan fingerprint density at radius 1 is 0.871 bits per heavy atom. The third-order valence-corrected chi connectivity index (χ3v) is 6.29. The number of hydrogen-bond acceptors (Lipinski definition) is 1. The molecule has 0 bridgehead atoms. The number of benzene rings is 2. The minimum atomic E-state index is 0.665. The van der Waals surface area contributed by atoms with Crippen LogP contribution in [0.1, 0.15) is 87.8 Å². The molecular formula is C30H38O. The Morgan fingerprint density at radius 2 is 1.61 bits per heavy atom. The molecule has 0 saturated heterocycles. The Labute approximate surface area is 189 Å². The van der Waals surface area contributed by atoms with Gasteiger partial charge in [-0.15, -0.1) is 0 Å². The van der Waals surface area contributed by atoms with Crippen LogP contribution < -0.4 is 4.74 Å². The highest BCUT2D eigenvalue weighted by Crippen LogP contribution is 2.36. The second-order valence-electron chi connectivity index (χ2n) is 8.81. The number of allylic oxidation sites excluding steroid dienone is 2. The van der Waals surface area contributed by atoms with Crippen LogP contribution >= 0.6 is 0 Å². The topological polar surface area (TPSA) is 9.23 Å². The van der Waals surface area contributed by atoms with Crippen molar-refractivity contribution in [1.29, 1.82) is 0 Å². The predicted molar refractivity (Wildman–Crippen MR) is 133 cm³/mol. The first-order valence-corrected chi connectivity index (χ1v) is 12.3. The molecule has 1 heteroatoms. The van der Waals surface area contributed by atoms with Gasteiger partial charge in [0.05, 0.1) is 6.61 Å². The van der Waals surface area contributed by atoms with Gasteiger partial charge in [-0.2, -0.15) is 0 Å². The van der Waals surface area contributed by atoms with Crippen molar-refractivity contribution in [3.8, 4) is 17.6 Å². The number of unbranched alkanes of at least 4 members (excludes halogenated alkanes) is 2. The molecule has 164 valence electrons. The van der Waals surface area contributed by atoms with Crippen LogP contribution in [0.4, 0.5) is 0 Å². The van der Waals surface area contributed by atoms with E-state index in [0.717, 1.165) is 24.3 Å². The van der Waals surface area contributed by atoms with Gasteiger partial charge in [0.1, 0.15) is 5.75 Å². The van der Waals surface area contributed by atoms with E-state index in [0.29, 0.717) is 11.8 Å². The zero-order valence-electron chi connectivity index (χ0n) is 19.4. The lowest BCUT2D eigenvalue weighted by Gasteiger charge is -2.27. The molecule has 1 aliphatic rings. The molecule has 0 spiro atoms. The van der Waals surface area contributed by atoms with Gasteiger partial charge in [-0.25, -0.2) is 0 Å². The van der Waals surface area contributed by atoms with E-state index >= 15 is 0 Å². The van der Waals surface area contributed by atoms with Gasteiger partial charge < -0.3 is 4.74 Å².